The molecule has 8 heteroatoms. The Balaban J connectivity index is 1.35. The largest absolute Gasteiger partial charge is 0.489 e. The van der Waals surface area contributed by atoms with E-state index in [0.29, 0.717) is 23.7 Å². The Morgan fingerprint density at radius 3 is 2.54 bits per heavy atom. The summed E-state index contributed by atoms with van der Waals surface area (Å²) in [6.45, 7) is 3.95. The molecule has 0 saturated heterocycles. The number of carbonyl (C=O) groups excluding carboxylic acids is 1. The maximum Gasteiger partial charge on any atom is 0.240 e. The number of hydrogen-bond donors (Lipinski definition) is 0. The first kappa shape index (κ1) is 22.8. The molecule has 1 unspecified atom stereocenters. The summed E-state index contributed by atoms with van der Waals surface area (Å²) in [5, 5.41) is 15.4. The predicted molar refractivity (Wildman–Crippen MR) is 135 cm³/mol. The Morgan fingerprint density at radius 1 is 1.06 bits per heavy atom. The van der Waals surface area contributed by atoms with Crippen molar-refractivity contribution in [3.63, 3.8) is 0 Å². The van der Waals surface area contributed by atoms with E-state index in [4.69, 9.17) is 16.3 Å². The molecule has 1 aliphatic rings. The first-order valence-corrected chi connectivity index (χ1v) is 11.7. The van der Waals surface area contributed by atoms with Gasteiger partial charge < -0.3 is 4.74 Å². The number of benzene rings is 3. The van der Waals surface area contributed by atoms with Crippen LogP contribution in [0.3, 0.4) is 0 Å². The van der Waals surface area contributed by atoms with Crippen molar-refractivity contribution < 1.29 is 9.53 Å². The Bertz CT molecular complexity index is 1380. The third-order valence-electron chi connectivity index (χ3n) is 5.97. The van der Waals surface area contributed by atoms with Crippen LogP contribution in [-0.4, -0.2) is 31.6 Å². The molecule has 2 heterocycles. The lowest BCUT2D eigenvalue weighted by molar-refractivity contribution is -0.130. The molecular weight excluding hydrogens is 462 g/mol. The van der Waals surface area contributed by atoms with Crippen LogP contribution in [0.15, 0.2) is 84.0 Å². The zero-order valence-electron chi connectivity index (χ0n) is 19.4. The average Bonchev–Trinajstić information content (AvgIpc) is 3.48. The summed E-state index contributed by atoms with van der Waals surface area (Å²) in [6, 6.07) is 25.0. The highest BCUT2D eigenvalue weighted by Crippen LogP contribution is 2.34. The second kappa shape index (κ2) is 9.72. The zero-order valence-corrected chi connectivity index (χ0v) is 20.2. The molecule has 176 valence electrons. The van der Waals surface area contributed by atoms with Crippen LogP contribution in [0.25, 0.3) is 5.69 Å². The number of rotatable bonds is 6. The van der Waals surface area contributed by atoms with Gasteiger partial charge in [0.1, 0.15) is 18.1 Å². The summed E-state index contributed by atoms with van der Waals surface area (Å²) in [7, 11) is 0. The topological polar surface area (TPSA) is 72.6 Å². The van der Waals surface area contributed by atoms with Crippen molar-refractivity contribution in [1.29, 1.82) is 0 Å². The fourth-order valence-corrected chi connectivity index (χ4v) is 4.36. The SMILES string of the molecule is CC(=O)N1N=C(c2nnn(-c3cccc(Cl)c3)c2C)CC1c1ccc(OCc2ccccc2)cc1. The lowest BCUT2D eigenvalue weighted by atomic mass is 10.00. The average molecular weight is 486 g/mol. The van der Waals surface area contributed by atoms with Crippen LogP contribution >= 0.6 is 11.6 Å². The predicted octanol–water partition coefficient (Wildman–Crippen LogP) is 5.51. The Morgan fingerprint density at radius 2 is 1.83 bits per heavy atom. The molecule has 7 nitrogen and oxygen atoms in total. The minimum absolute atomic E-state index is 0.130. The number of nitrogens with zero attached hydrogens (tertiary/aromatic N) is 5. The minimum Gasteiger partial charge on any atom is -0.489 e. The molecule has 0 saturated carbocycles. The molecule has 4 aromatic rings. The molecule has 35 heavy (non-hydrogen) atoms. The van der Waals surface area contributed by atoms with E-state index in [1.54, 1.807) is 4.68 Å². The maximum absolute atomic E-state index is 12.4. The standard InChI is InChI=1S/C27H24ClN5O2/c1-18-27(29-31-32(18)23-10-6-9-22(28)15-23)25-16-26(33(30-25)19(2)34)21-11-13-24(14-12-21)35-17-20-7-4-3-5-8-20/h3-15,26H,16-17H2,1-2H3. The molecular formula is C27H24ClN5O2. The van der Waals surface area contributed by atoms with Gasteiger partial charge in [-0.1, -0.05) is 65.3 Å². The number of halogens is 1. The van der Waals surface area contributed by atoms with Gasteiger partial charge >= 0.3 is 0 Å². The fourth-order valence-electron chi connectivity index (χ4n) is 4.18. The van der Waals surface area contributed by atoms with Crippen LogP contribution in [0.5, 0.6) is 5.75 Å². The highest BCUT2D eigenvalue weighted by Gasteiger charge is 2.33. The van der Waals surface area contributed by atoms with Crippen molar-refractivity contribution in [1.82, 2.24) is 20.0 Å². The van der Waals surface area contributed by atoms with Crippen molar-refractivity contribution in [2.24, 2.45) is 5.10 Å². The second-order valence-corrected chi connectivity index (χ2v) is 8.83. The molecule has 0 N–H and O–H groups in total. The second-order valence-electron chi connectivity index (χ2n) is 8.39. The van der Waals surface area contributed by atoms with Crippen molar-refractivity contribution >= 4 is 23.2 Å². The van der Waals surface area contributed by atoms with E-state index in [2.05, 4.69) is 15.4 Å². The van der Waals surface area contributed by atoms with Crippen molar-refractivity contribution in [2.45, 2.75) is 32.9 Å². The quantitative estimate of drug-likeness (QED) is 0.361. The van der Waals surface area contributed by atoms with Gasteiger partial charge in [-0.25, -0.2) is 9.69 Å². The Hall–Kier alpha value is -3.97. The smallest absolute Gasteiger partial charge is 0.240 e. The van der Waals surface area contributed by atoms with Crippen LogP contribution in [-0.2, 0) is 11.4 Å². The van der Waals surface area contributed by atoms with E-state index in [1.165, 1.54) is 11.9 Å². The summed E-state index contributed by atoms with van der Waals surface area (Å²) < 4.78 is 7.63. The molecule has 1 aromatic heterocycles. The molecule has 0 bridgehead atoms. The first-order valence-electron chi connectivity index (χ1n) is 11.3. The molecule has 1 atom stereocenters. The van der Waals surface area contributed by atoms with Crippen LogP contribution in [0.1, 0.15) is 41.9 Å². The van der Waals surface area contributed by atoms with Crippen molar-refractivity contribution in [3.8, 4) is 11.4 Å². The van der Waals surface area contributed by atoms with Crippen molar-refractivity contribution in [2.75, 3.05) is 0 Å². The number of carbonyl (C=O) groups is 1. The number of hydrazone groups is 1. The normalized spacial score (nSPS) is 15.2. The minimum atomic E-state index is -0.221. The molecule has 5 rings (SSSR count). The van der Waals surface area contributed by atoms with E-state index in [9.17, 15) is 4.79 Å². The number of hydrogen-bond acceptors (Lipinski definition) is 5. The lowest BCUT2D eigenvalue weighted by Gasteiger charge is -2.20. The molecule has 0 aliphatic carbocycles. The number of aromatic nitrogens is 3. The van der Waals surface area contributed by atoms with Gasteiger partial charge in [-0.05, 0) is 48.4 Å². The summed E-state index contributed by atoms with van der Waals surface area (Å²) in [5.41, 5.74) is 5.13. The Labute approximate surface area is 208 Å². The number of ether oxygens (including phenoxy) is 1. The molecule has 1 amide bonds. The molecule has 3 aromatic carbocycles. The zero-order chi connectivity index (χ0) is 24.4. The van der Waals surface area contributed by atoms with Gasteiger partial charge in [-0.15, -0.1) is 5.10 Å². The van der Waals surface area contributed by atoms with Gasteiger partial charge in [0, 0.05) is 18.4 Å². The van der Waals surface area contributed by atoms with Crippen LogP contribution in [0.4, 0.5) is 0 Å². The molecule has 1 aliphatic heterocycles. The van der Waals surface area contributed by atoms with Crippen molar-refractivity contribution in [3.05, 3.63) is 106 Å². The highest BCUT2D eigenvalue weighted by atomic mass is 35.5. The van der Waals surface area contributed by atoms with Crippen LogP contribution in [0, 0.1) is 6.92 Å². The summed E-state index contributed by atoms with van der Waals surface area (Å²) >= 11 is 6.15. The fraction of sp³-hybridized carbons (Fsp3) is 0.185. The van der Waals surface area contributed by atoms with Gasteiger partial charge in [0.2, 0.25) is 5.91 Å². The van der Waals surface area contributed by atoms with Crippen LogP contribution < -0.4 is 4.74 Å². The first-order chi connectivity index (χ1) is 17.0. The summed E-state index contributed by atoms with van der Waals surface area (Å²) in [6.07, 6.45) is 0.541. The third-order valence-corrected chi connectivity index (χ3v) is 6.20. The van der Waals surface area contributed by atoms with Gasteiger partial charge in [0.15, 0.2) is 0 Å². The third kappa shape index (κ3) is 4.81. The highest BCUT2D eigenvalue weighted by molar-refractivity contribution is 6.30. The molecule has 0 radical (unpaired) electrons. The van der Waals surface area contributed by atoms with Gasteiger partial charge in [0.25, 0.3) is 0 Å². The monoisotopic (exact) mass is 485 g/mol. The van der Waals surface area contributed by atoms with E-state index < -0.39 is 0 Å². The lowest BCUT2D eigenvalue weighted by Crippen LogP contribution is -2.24. The maximum atomic E-state index is 12.4. The summed E-state index contributed by atoms with van der Waals surface area (Å²) in [4.78, 5) is 12.4. The molecule has 0 spiro atoms. The summed E-state index contributed by atoms with van der Waals surface area (Å²) in [5.74, 6) is 0.640. The molecule has 0 fully saturated rings. The van der Waals surface area contributed by atoms with Crippen LogP contribution in [0.2, 0.25) is 5.02 Å². The van der Waals surface area contributed by atoms with Gasteiger partial charge in [0.05, 0.1) is 23.1 Å². The number of amides is 1. The van der Waals surface area contributed by atoms with Gasteiger partial charge in [-0.2, -0.15) is 5.10 Å². The van der Waals surface area contributed by atoms with E-state index in [0.717, 1.165) is 34.0 Å². The van der Waals surface area contributed by atoms with E-state index in [-0.39, 0.29) is 11.9 Å². The van der Waals surface area contributed by atoms with Gasteiger partial charge in [-0.3, -0.25) is 4.79 Å². The Kier molecular flexibility index (Phi) is 6.33. The van der Waals surface area contributed by atoms with E-state index >= 15 is 0 Å². The van der Waals surface area contributed by atoms with E-state index in [1.807, 2.05) is 85.8 Å².